The minimum Gasteiger partial charge on any atom is -0.357 e. The van der Waals surface area contributed by atoms with Gasteiger partial charge in [-0.2, -0.15) is 0 Å². The predicted molar refractivity (Wildman–Crippen MR) is 75.6 cm³/mol. The van der Waals surface area contributed by atoms with E-state index >= 15 is 0 Å². The Kier molecular flexibility index (Phi) is 4.58. The van der Waals surface area contributed by atoms with E-state index in [-0.39, 0.29) is 5.91 Å². The molecular weight excluding hydrogens is 294 g/mol. The highest BCUT2D eigenvalue weighted by Crippen LogP contribution is 2.22. The highest BCUT2D eigenvalue weighted by atomic mass is 79.9. The van der Waals surface area contributed by atoms with Crippen LogP contribution in [0.4, 0.5) is 5.82 Å². The quantitative estimate of drug-likeness (QED) is 0.930. The van der Waals surface area contributed by atoms with Gasteiger partial charge in [0.25, 0.3) is 0 Å². The van der Waals surface area contributed by atoms with E-state index in [4.69, 9.17) is 0 Å². The Labute approximate surface area is 116 Å². The number of carbonyl (C=O) groups is 1. The van der Waals surface area contributed by atoms with Gasteiger partial charge in [0.1, 0.15) is 5.82 Å². The number of nitrogens with one attached hydrogen (secondary N) is 1. The van der Waals surface area contributed by atoms with Gasteiger partial charge in [-0.25, -0.2) is 4.98 Å². The van der Waals surface area contributed by atoms with Crippen molar-refractivity contribution >= 4 is 27.7 Å². The van der Waals surface area contributed by atoms with Crippen LogP contribution in [0.2, 0.25) is 0 Å². The Morgan fingerprint density at radius 3 is 2.78 bits per heavy atom. The molecule has 1 saturated heterocycles. The summed E-state index contributed by atoms with van der Waals surface area (Å²) in [5.74, 6) is 1.70. The van der Waals surface area contributed by atoms with E-state index in [1.165, 1.54) is 0 Å². The summed E-state index contributed by atoms with van der Waals surface area (Å²) in [6, 6.07) is 4.06. The summed E-state index contributed by atoms with van der Waals surface area (Å²) in [6.07, 6.45) is 4.05. The first-order chi connectivity index (χ1) is 8.65. The van der Waals surface area contributed by atoms with Gasteiger partial charge in [0.2, 0.25) is 5.91 Å². The van der Waals surface area contributed by atoms with Crippen LogP contribution in [0.1, 0.15) is 19.8 Å². The van der Waals surface area contributed by atoms with E-state index in [1.807, 2.05) is 18.3 Å². The highest BCUT2D eigenvalue weighted by molar-refractivity contribution is 9.10. The van der Waals surface area contributed by atoms with Crippen LogP contribution >= 0.6 is 15.9 Å². The second-order valence-electron chi connectivity index (χ2n) is 4.70. The van der Waals surface area contributed by atoms with Crippen molar-refractivity contribution < 1.29 is 4.79 Å². The molecule has 18 heavy (non-hydrogen) atoms. The average Bonchev–Trinajstić information content (AvgIpc) is 2.38. The number of amides is 1. The van der Waals surface area contributed by atoms with Gasteiger partial charge in [0.05, 0.1) is 0 Å². The molecule has 0 atom stereocenters. The lowest BCUT2D eigenvalue weighted by molar-refractivity contribution is -0.119. The molecule has 0 radical (unpaired) electrons. The second-order valence-corrected chi connectivity index (χ2v) is 5.62. The van der Waals surface area contributed by atoms with Crippen LogP contribution in [0.15, 0.2) is 22.8 Å². The Bertz CT molecular complexity index is 399. The predicted octanol–water partition coefficient (Wildman–Crippen LogP) is 2.20. The molecule has 1 fully saturated rings. The van der Waals surface area contributed by atoms with E-state index in [9.17, 15) is 4.79 Å². The number of hydrogen-bond acceptors (Lipinski definition) is 3. The monoisotopic (exact) mass is 311 g/mol. The van der Waals surface area contributed by atoms with Crippen molar-refractivity contribution in [1.82, 2.24) is 10.3 Å². The van der Waals surface area contributed by atoms with Crippen LogP contribution < -0.4 is 10.2 Å². The number of anilines is 1. The maximum atomic E-state index is 10.9. The second kappa shape index (κ2) is 6.18. The number of carbonyl (C=O) groups excluding carboxylic acids is 1. The van der Waals surface area contributed by atoms with Crippen molar-refractivity contribution in [2.24, 2.45) is 5.92 Å². The van der Waals surface area contributed by atoms with Crippen molar-refractivity contribution in [3.63, 3.8) is 0 Å². The van der Waals surface area contributed by atoms with Crippen molar-refractivity contribution in [3.05, 3.63) is 22.8 Å². The first kappa shape index (κ1) is 13.3. The zero-order valence-electron chi connectivity index (χ0n) is 10.5. The zero-order valence-corrected chi connectivity index (χ0v) is 12.1. The molecule has 1 aliphatic heterocycles. The maximum Gasteiger partial charge on any atom is 0.216 e. The molecule has 2 rings (SSSR count). The number of hydrogen-bond donors (Lipinski definition) is 1. The van der Waals surface area contributed by atoms with E-state index in [1.54, 1.807) is 6.92 Å². The number of nitrogens with zero attached hydrogens (tertiary/aromatic N) is 2. The third kappa shape index (κ3) is 3.70. The van der Waals surface area contributed by atoms with E-state index in [2.05, 4.69) is 31.1 Å². The standard InChI is InChI=1S/C13H18BrN3O/c1-10(18)15-8-11-4-6-17(7-5-11)13-3-2-12(14)9-16-13/h2-3,9,11H,4-8H2,1H3,(H,15,18). The molecule has 0 saturated carbocycles. The fourth-order valence-electron chi connectivity index (χ4n) is 2.21. The summed E-state index contributed by atoms with van der Waals surface area (Å²) in [6.45, 7) is 4.40. The van der Waals surface area contributed by atoms with Crippen molar-refractivity contribution in [1.29, 1.82) is 0 Å². The molecular formula is C13H18BrN3O. The maximum absolute atomic E-state index is 10.9. The van der Waals surface area contributed by atoms with Crippen LogP contribution in [-0.4, -0.2) is 30.5 Å². The first-order valence-electron chi connectivity index (χ1n) is 6.26. The molecule has 1 amide bonds. The Morgan fingerprint density at radius 2 is 2.22 bits per heavy atom. The third-order valence-electron chi connectivity index (χ3n) is 3.29. The van der Waals surface area contributed by atoms with Gasteiger partial charge in [-0.05, 0) is 46.8 Å². The van der Waals surface area contributed by atoms with Gasteiger partial charge in [-0.1, -0.05) is 0 Å². The van der Waals surface area contributed by atoms with Gasteiger partial charge in [-0.3, -0.25) is 4.79 Å². The minimum absolute atomic E-state index is 0.0620. The molecule has 98 valence electrons. The highest BCUT2D eigenvalue weighted by Gasteiger charge is 2.20. The molecule has 0 bridgehead atoms. The van der Waals surface area contributed by atoms with Crippen LogP contribution in [0.25, 0.3) is 0 Å². The van der Waals surface area contributed by atoms with Gasteiger partial charge < -0.3 is 10.2 Å². The van der Waals surface area contributed by atoms with Gasteiger partial charge in [-0.15, -0.1) is 0 Å². The number of halogens is 1. The Balaban J connectivity index is 1.83. The average molecular weight is 312 g/mol. The molecule has 0 unspecified atom stereocenters. The van der Waals surface area contributed by atoms with Crippen LogP contribution in [0, 0.1) is 5.92 Å². The van der Waals surface area contributed by atoms with E-state index in [0.29, 0.717) is 5.92 Å². The largest absolute Gasteiger partial charge is 0.357 e. The molecule has 1 aromatic rings. The molecule has 5 heteroatoms. The van der Waals surface area contributed by atoms with Crippen LogP contribution in [0.3, 0.4) is 0 Å². The Morgan fingerprint density at radius 1 is 1.50 bits per heavy atom. The number of pyridine rings is 1. The molecule has 0 aromatic carbocycles. The first-order valence-corrected chi connectivity index (χ1v) is 7.05. The summed E-state index contributed by atoms with van der Waals surface area (Å²) >= 11 is 3.39. The third-order valence-corrected chi connectivity index (χ3v) is 3.76. The molecule has 1 N–H and O–H groups in total. The molecule has 1 aliphatic rings. The van der Waals surface area contributed by atoms with Crippen LogP contribution in [0.5, 0.6) is 0 Å². The summed E-state index contributed by atoms with van der Waals surface area (Å²) < 4.78 is 1.01. The van der Waals surface area contributed by atoms with E-state index in [0.717, 1.165) is 42.8 Å². The van der Waals surface area contributed by atoms with Gasteiger partial charge >= 0.3 is 0 Å². The summed E-state index contributed by atoms with van der Waals surface area (Å²) in [7, 11) is 0. The van der Waals surface area contributed by atoms with Crippen molar-refractivity contribution in [2.45, 2.75) is 19.8 Å². The normalized spacial score (nSPS) is 16.7. The zero-order chi connectivity index (χ0) is 13.0. The summed E-state index contributed by atoms with van der Waals surface area (Å²) in [5.41, 5.74) is 0. The van der Waals surface area contributed by atoms with Crippen molar-refractivity contribution in [2.75, 3.05) is 24.5 Å². The SMILES string of the molecule is CC(=O)NCC1CCN(c2ccc(Br)cn2)CC1. The molecule has 0 spiro atoms. The molecule has 4 nitrogen and oxygen atoms in total. The topological polar surface area (TPSA) is 45.2 Å². The molecule has 0 aliphatic carbocycles. The van der Waals surface area contributed by atoms with Crippen LogP contribution in [-0.2, 0) is 4.79 Å². The smallest absolute Gasteiger partial charge is 0.216 e. The Hall–Kier alpha value is -1.10. The van der Waals surface area contributed by atoms with Crippen molar-refractivity contribution in [3.8, 4) is 0 Å². The number of rotatable bonds is 3. The van der Waals surface area contributed by atoms with Gasteiger partial charge in [0, 0.05) is 37.2 Å². The lowest BCUT2D eigenvalue weighted by Gasteiger charge is -2.32. The lowest BCUT2D eigenvalue weighted by Crippen LogP contribution is -2.38. The lowest BCUT2D eigenvalue weighted by atomic mass is 9.97. The van der Waals surface area contributed by atoms with Gasteiger partial charge in [0.15, 0.2) is 0 Å². The molecule has 2 heterocycles. The summed E-state index contributed by atoms with van der Waals surface area (Å²) in [4.78, 5) is 17.6. The fourth-order valence-corrected chi connectivity index (χ4v) is 2.44. The summed E-state index contributed by atoms with van der Waals surface area (Å²) in [5, 5.41) is 2.90. The number of aromatic nitrogens is 1. The number of piperidine rings is 1. The molecule has 1 aromatic heterocycles. The fraction of sp³-hybridized carbons (Fsp3) is 0.538. The minimum atomic E-state index is 0.0620. The van der Waals surface area contributed by atoms with E-state index < -0.39 is 0 Å².